The average Bonchev–Trinajstić information content (AvgIpc) is 2.39. The molecule has 0 aromatic heterocycles. The molecule has 0 spiro atoms. The average molecular weight is 401 g/mol. The smallest absolute Gasteiger partial charge is 0.141 e. The Bertz CT molecular complexity index is 638. The van der Waals surface area contributed by atoms with Crippen molar-refractivity contribution in [2.45, 2.75) is 6.04 Å². The molecule has 1 unspecified atom stereocenters. The molecule has 2 aromatic rings. The Labute approximate surface area is 133 Å². The zero-order valence-corrected chi connectivity index (χ0v) is 13.6. The van der Waals surface area contributed by atoms with Crippen molar-refractivity contribution in [3.63, 3.8) is 0 Å². The van der Waals surface area contributed by atoms with Gasteiger partial charge in [-0.05, 0) is 36.4 Å². The standard InChI is InChI=1S/C14H9Br2ClN2/c15-9-2-1-3-11(6-9)19-14(8-18)12-7-10(17)4-5-13(12)16/h1-7,14,19H. The van der Waals surface area contributed by atoms with Gasteiger partial charge in [0.1, 0.15) is 6.04 Å². The van der Waals surface area contributed by atoms with Crippen LogP contribution in [0, 0.1) is 11.3 Å². The number of nitrogens with one attached hydrogen (secondary N) is 1. The van der Waals surface area contributed by atoms with Gasteiger partial charge in [-0.15, -0.1) is 0 Å². The van der Waals surface area contributed by atoms with Gasteiger partial charge in [-0.3, -0.25) is 0 Å². The number of halogens is 3. The highest BCUT2D eigenvalue weighted by atomic mass is 79.9. The summed E-state index contributed by atoms with van der Waals surface area (Å²) in [5.74, 6) is 0. The second kappa shape index (κ2) is 6.42. The van der Waals surface area contributed by atoms with Crippen LogP contribution in [-0.2, 0) is 0 Å². The molecule has 0 aliphatic heterocycles. The van der Waals surface area contributed by atoms with Gasteiger partial charge >= 0.3 is 0 Å². The van der Waals surface area contributed by atoms with Crippen LogP contribution in [0.15, 0.2) is 51.4 Å². The van der Waals surface area contributed by atoms with Crippen LogP contribution in [0.2, 0.25) is 5.02 Å². The molecular formula is C14H9Br2ClN2. The van der Waals surface area contributed by atoms with Crippen molar-refractivity contribution in [1.29, 1.82) is 5.26 Å². The Morgan fingerprint density at radius 1 is 1.16 bits per heavy atom. The minimum atomic E-state index is -0.470. The molecule has 5 heteroatoms. The summed E-state index contributed by atoms with van der Waals surface area (Å²) < 4.78 is 1.81. The lowest BCUT2D eigenvalue weighted by atomic mass is 10.1. The molecule has 2 rings (SSSR count). The van der Waals surface area contributed by atoms with E-state index in [1.54, 1.807) is 12.1 Å². The molecule has 2 nitrogen and oxygen atoms in total. The molecule has 0 radical (unpaired) electrons. The fourth-order valence-electron chi connectivity index (χ4n) is 1.66. The maximum absolute atomic E-state index is 9.34. The van der Waals surface area contributed by atoms with Crippen LogP contribution in [-0.4, -0.2) is 0 Å². The summed E-state index contributed by atoms with van der Waals surface area (Å²) in [5.41, 5.74) is 1.68. The summed E-state index contributed by atoms with van der Waals surface area (Å²) in [7, 11) is 0. The third-order valence-corrected chi connectivity index (χ3v) is 3.98. The lowest BCUT2D eigenvalue weighted by molar-refractivity contribution is 0.989. The quantitative estimate of drug-likeness (QED) is 0.734. The van der Waals surface area contributed by atoms with Gasteiger partial charge in [0.2, 0.25) is 0 Å². The molecule has 96 valence electrons. The molecule has 0 aliphatic carbocycles. The van der Waals surface area contributed by atoms with Crippen molar-refractivity contribution >= 4 is 49.1 Å². The molecular weight excluding hydrogens is 391 g/mol. The number of nitrogens with zero attached hydrogens (tertiary/aromatic N) is 1. The number of rotatable bonds is 3. The van der Waals surface area contributed by atoms with E-state index in [-0.39, 0.29) is 0 Å². The Morgan fingerprint density at radius 3 is 2.63 bits per heavy atom. The summed E-state index contributed by atoms with van der Waals surface area (Å²) in [4.78, 5) is 0. The monoisotopic (exact) mass is 398 g/mol. The second-order valence-corrected chi connectivity index (χ2v) is 6.09. The summed E-state index contributed by atoms with van der Waals surface area (Å²) in [6, 6.07) is 14.8. The van der Waals surface area contributed by atoms with Crippen molar-refractivity contribution in [3.8, 4) is 6.07 Å². The van der Waals surface area contributed by atoms with Gasteiger partial charge in [-0.2, -0.15) is 5.26 Å². The van der Waals surface area contributed by atoms with E-state index in [9.17, 15) is 5.26 Å². The van der Waals surface area contributed by atoms with Gasteiger partial charge < -0.3 is 5.32 Å². The first-order chi connectivity index (χ1) is 9.10. The summed E-state index contributed by atoms with van der Waals surface area (Å²) in [6.45, 7) is 0. The predicted molar refractivity (Wildman–Crippen MR) is 85.3 cm³/mol. The van der Waals surface area contributed by atoms with Crippen LogP contribution in [0.25, 0.3) is 0 Å². The van der Waals surface area contributed by atoms with Crippen LogP contribution in [0.3, 0.4) is 0 Å². The Kier molecular flexibility index (Phi) is 4.87. The number of anilines is 1. The maximum Gasteiger partial charge on any atom is 0.141 e. The zero-order chi connectivity index (χ0) is 13.8. The van der Waals surface area contributed by atoms with E-state index < -0.39 is 6.04 Å². The van der Waals surface area contributed by atoms with Crippen molar-refractivity contribution < 1.29 is 0 Å². The minimum Gasteiger partial charge on any atom is -0.366 e. The molecule has 0 heterocycles. The van der Waals surface area contributed by atoms with Crippen LogP contribution in [0.4, 0.5) is 5.69 Å². The lowest BCUT2D eigenvalue weighted by Crippen LogP contribution is -2.09. The molecule has 2 aromatic carbocycles. The van der Waals surface area contributed by atoms with Crippen LogP contribution in [0.1, 0.15) is 11.6 Å². The molecule has 0 bridgehead atoms. The molecule has 0 amide bonds. The van der Waals surface area contributed by atoms with Gasteiger partial charge in [0.05, 0.1) is 6.07 Å². The van der Waals surface area contributed by atoms with Crippen LogP contribution in [0.5, 0.6) is 0 Å². The van der Waals surface area contributed by atoms with E-state index in [1.165, 1.54) is 0 Å². The van der Waals surface area contributed by atoms with Gasteiger partial charge in [0.25, 0.3) is 0 Å². The second-order valence-electron chi connectivity index (χ2n) is 3.88. The van der Waals surface area contributed by atoms with Crippen molar-refractivity contribution in [3.05, 3.63) is 62.0 Å². The maximum atomic E-state index is 9.34. The van der Waals surface area contributed by atoms with Crippen molar-refractivity contribution in [2.75, 3.05) is 5.32 Å². The molecule has 1 atom stereocenters. The van der Waals surface area contributed by atoms with Crippen molar-refractivity contribution in [2.24, 2.45) is 0 Å². The Morgan fingerprint density at radius 2 is 1.95 bits per heavy atom. The normalized spacial score (nSPS) is 11.7. The first kappa shape index (κ1) is 14.4. The SMILES string of the molecule is N#CC(Nc1cccc(Br)c1)c1cc(Cl)ccc1Br. The van der Waals surface area contributed by atoms with E-state index in [0.717, 1.165) is 20.2 Å². The van der Waals surface area contributed by atoms with E-state index in [2.05, 4.69) is 43.2 Å². The molecule has 1 N–H and O–H groups in total. The van der Waals surface area contributed by atoms with E-state index in [1.807, 2.05) is 30.3 Å². The number of hydrogen-bond donors (Lipinski definition) is 1. The number of benzene rings is 2. The zero-order valence-electron chi connectivity index (χ0n) is 9.70. The lowest BCUT2D eigenvalue weighted by Gasteiger charge is -2.15. The number of nitriles is 1. The first-order valence-electron chi connectivity index (χ1n) is 5.47. The summed E-state index contributed by atoms with van der Waals surface area (Å²) in [6.07, 6.45) is 0. The fraction of sp³-hybridized carbons (Fsp3) is 0.0714. The topological polar surface area (TPSA) is 35.8 Å². The Balaban J connectivity index is 2.31. The molecule has 0 saturated carbocycles. The Hall–Kier alpha value is -1.02. The minimum absolute atomic E-state index is 0.470. The molecule has 19 heavy (non-hydrogen) atoms. The third-order valence-electron chi connectivity index (χ3n) is 2.53. The largest absolute Gasteiger partial charge is 0.366 e. The van der Waals surface area contributed by atoms with Gasteiger partial charge in [0, 0.05) is 25.2 Å². The third kappa shape index (κ3) is 3.73. The van der Waals surface area contributed by atoms with Gasteiger partial charge in [0.15, 0.2) is 0 Å². The van der Waals surface area contributed by atoms with Crippen molar-refractivity contribution in [1.82, 2.24) is 0 Å². The van der Waals surface area contributed by atoms with Crippen LogP contribution >= 0.6 is 43.5 Å². The highest BCUT2D eigenvalue weighted by Gasteiger charge is 2.14. The first-order valence-corrected chi connectivity index (χ1v) is 7.43. The predicted octanol–water partition coefficient (Wildman–Crippen LogP) is 5.54. The fourth-order valence-corrected chi connectivity index (χ4v) is 2.72. The van der Waals surface area contributed by atoms with Gasteiger partial charge in [-0.1, -0.05) is 49.5 Å². The molecule has 0 aliphatic rings. The summed E-state index contributed by atoms with van der Waals surface area (Å²) >= 11 is 12.8. The highest BCUT2D eigenvalue weighted by molar-refractivity contribution is 9.10. The van der Waals surface area contributed by atoms with E-state index >= 15 is 0 Å². The van der Waals surface area contributed by atoms with E-state index in [0.29, 0.717) is 5.02 Å². The van der Waals surface area contributed by atoms with Crippen LogP contribution < -0.4 is 5.32 Å². The number of hydrogen-bond acceptors (Lipinski definition) is 2. The molecule has 0 saturated heterocycles. The molecule has 0 fully saturated rings. The van der Waals surface area contributed by atoms with E-state index in [4.69, 9.17) is 11.6 Å². The summed E-state index contributed by atoms with van der Waals surface area (Å²) in [5, 5.41) is 13.1. The van der Waals surface area contributed by atoms with Gasteiger partial charge in [-0.25, -0.2) is 0 Å². The highest BCUT2D eigenvalue weighted by Crippen LogP contribution is 2.29.